The van der Waals surface area contributed by atoms with Gasteiger partial charge < -0.3 is 19.9 Å². The molecule has 0 amide bonds. The van der Waals surface area contributed by atoms with Crippen LogP contribution in [0.5, 0.6) is 11.5 Å². The van der Waals surface area contributed by atoms with Crippen LogP contribution in [0.25, 0.3) is 0 Å². The molecule has 1 aliphatic rings. The van der Waals surface area contributed by atoms with E-state index in [-0.39, 0.29) is 36.0 Å². The second kappa shape index (κ2) is 5.80. The first-order valence-corrected chi connectivity index (χ1v) is 8.45. The third kappa shape index (κ3) is 3.38. The van der Waals surface area contributed by atoms with Crippen LogP contribution in [-0.4, -0.2) is 40.5 Å². The minimum absolute atomic E-state index is 0.0210. The van der Waals surface area contributed by atoms with Gasteiger partial charge in [0.2, 0.25) is 0 Å². The molecule has 1 aliphatic heterocycles. The van der Waals surface area contributed by atoms with Crippen LogP contribution in [0.15, 0.2) is 6.07 Å². The highest BCUT2D eigenvalue weighted by Gasteiger charge is 2.28. The van der Waals surface area contributed by atoms with Crippen molar-refractivity contribution < 1.29 is 27.4 Å². The molecule has 0 atom stereocenters. The van der Waals surface area contributed by atoms with Gasteiger partial charge in [0.1, 0.15) is 18.8 Å². The van der Waals surface area contributed by atoms with Crippen LogP contribution in [0.4, 0.5) is 5.69 Å². The lowest BCUT2D eigenvalue weighted by Gasteiger charge is -2.23. The van der Waals surface area contributed by atoms with Crippen molar-refractivity contribution in [3.63, 3.8) is 0 Å². The number of hydrogen-bond acceptors (Lipinski definition) is 7. The third-order valence-corrected chi connectivity index (χ3v) is 3.69. The Kier molecular flexibility index (Phi) is 4.26. The minimum atomic E-state index is -3.31. The minimum Gasteiger partial charge on any atom is -0.486 e. The molecule has 1 heterocycles. The van der Waals surface area contributed by atoms with Gasteiger partial charge in [-0.3, -0.25) is 0 Å². The molecule has 0 saturated carbocycles. The summed E-state index contributed by atoms with van der Waals surface area (Å²) >= 11 is 0. The molecule has 1 aromatic rings. The van der Waals surface area contributed by atoms with Crippen LogP contribution in [0.3, 0.4) is 0 Å². The zero-order valence-corrected chi connectivity index (χ0v) is 12.7. The van der Waals surface area contributed by atoms with E-state index in [1.54, 1.807) is 6.92 Å². The van der Waals surface area contributed by atoms with Crippen molar-refractivity contribution in [3.05, 3.63) is 17.2 Å². The normalized spacial score (nSPS) is 13.8. The Morgan fingerprint density at radius 3 is 2.67 bits per heavy atom. The molecule has 21 heavy (non-hydrogen) atoms. The molecule has 0 unspecified atom stereocenters. The third-order valence-electron chi connectivity index (χ3n) is 2.86. The lowest BCUT2D eigenvalue weighted by molar-refractivity contribution is 0.0517. The Morgan fingerprint density at radius 1 is 1.38 bits per heavy atom. The zero-order chi connectivity index (χ0) is 15.6. The van der Waals surface area contributed by atoms with E-state index in [9.17, 15) is 13.2 Å². The van der Waals surface area contributed by atoms with E-state index in [2.05, 4.69) is 0 Å². The Labute approximate surface area is 122 Å². The molecule has 0 spiro atoms. The number of esters is 1. The Balaban J connectivity index is 2.59. The number of carbonyl (C=O) groups is 1. The lowest BCUT2D eigenvalue weighted by atomic mass is 10.1. The summed E-state index contributed by atoms with van der Waals surface area (Å²) in [6.45, 7) is 2.43. The summed E-state index contributed by atoms with van der Waals surface area (Å²) in [6.07, 6.45) is 1.09. The van der Waals surface area contributed by atoms with Crippen molar-refractivity contribution >= 4 is 21.5 Å². The van der Waals surface area contributed by atoms with E-state index in [1.807, 2.05) is 0 Å². The Hall–Kier alpha value is -1.96. The van der Waals surface area contributed by atoms with Crippen molar-refractivity contribution in [2.75, 3.05) is 31.8 Å². The smallest absolute Gasteiger partial charge is 0.344 e. The van der Waals surface area contributed by atoms with Gasteiger partial charge in [-0.25, -0.2) is 13.2 Å². The van der Waals surface area contributed by atoms with E-state index < -0.39 is 15.8 Å². The number of hydrogen-bond donors (Lipinski definition) is 1. The monoisotopic (exact) mass is 315 g/mol. The molecule has 2 N–H and O–H groups in total. The summed E-state index contributed by atoms with van der Waals surface area (Å²) in [6, 6.07) is 1.49. The van der Waals surface area contributed by atoms with Gasteiger partial charge in [-0.2, -0.15) is 0 Å². The second-order valence-corrected chi connectivity index (χ2v) is 6.78. The first-order valence-electron chi connectivity index (χ1n) is 6.39. The van der Waals surface area contributed by atoms with Crippen molar-refractivity contribution in [3.8, 4) is 11.5 Å². The van der Waals surface area contributed by atoms with Crippen LogP contribution in [0.2, 0.25) is 0 Å². The average molecular weight is 315 g/mol. The maximum absolute atomic E-state index is 12.1. The van der Waals surface area contributed by atoms with Crippen LogP contribution in [0.1, 0.15) is 22.8 Å². The van der Waals surface area contributed by atoms with Gasteiger partial charge in [-0.05, 0) is 18.6 Å². The van der Waals surface area contributed by atoms with Crippen molar-refractivity contribution in [2.45, 2.75) is 12.7 Å². The largest absolute Gasteiger partial charge is 0.486 e. The number of anilines is 1. The molecule has 7 nitrogen and oxygen atoms in total. The number of sulfone groups is 1. The number of rotatable bonds is 4. The van der Waals surface area contributed by atoms with Gasteiger partial charge in [0, 0.05) is 6.26 Å². The SMILES string of the molecule is CCOC(=O)c1c(N)c(CS(C)(=O)=O)cc2c1OCCO2. The van der Waals surface area contributed by atoms with E-state index in [1.165, 1.54) is 6.07 Å². The number of ether oxygens (including phenoxy) is 3. The van der Waals surface area contributed by atoms with Gasteiger partial charge in [0.25, 0.3) is 0 Å². The highest BCUT2D eigenvalue weighted by atomic mass is 32.2. The lowest BCUT2D eigenvalue weighted by Crippen LogP contribution is -2.21. The summed E-state index contributed by atoms with van der Waals surface area (Å²) in [7, 11) is -3.31. The summed E-state index contributed by atoms with van der Waals surface area (Å²) in [5.41, 5.74) is 6.31. The standard InChI is InChI=1S/C13H17NO6S/c1-3-18-13(15)10-11(14)8(7-21(2,16)17)6-9-12(10)20-5-4-19-9/h6H,3-5,7,14H2,1-2H3. The van der Waals surface area contributed by atoms with Gasteiger partial charge in [0.05, 0.1) is 18.0 Å². The van der Waals surface area contributed by atoms with Gasteiger partial charge >= 0.3 is 5.97 Å². The molecule has 2 rings (SSSR count). The number of fused-ring (bicyclic) bond motifs is 1. The topological polar surface area (TPSA) is 105 Å². The molecule has 0 aromatic heterocycles. The first kappa shape index (κ1) is 15.4. The number of benzene rings is 1. The summed E-state index contributed by atoms with van der Waals surface area (Å²) < 4.78 is 38.8. The van der Waals surface area contributed by atoms with Crippen molar-refractivity contribution in [1.29, 1.82) is 0 Å². The molecule has 0 radical (unpaired) electrons. The Morgan fingerprint density at radius 2 is 2.05 bits per heavy atom. The number of nitrogen functional groups attached to an aromatic ring is 1. The molecule has 0 fully saturated rings. The first-order chi connectivity index (χ1) is 9.83. The molecule has 0 saturated heterocycles. The maximum Gasteiger partial charge on any atom is 0.344 e. The van der Waals surface area contributed by atoms with Crippen molar-refractivity contribution in [1.82, 2.24) is 0 Å². The predicted molar refractivity (Wildman–Crippen MR) is 76.3 cm³/mol. The maximum atomic E-state index is 12.1. The zero-order valence-electron chi connectivity index (χ0n) is 11.8. The molecule has 0 aliphatic carbocycles. The van der Waals surface area contributed by atoms with Gasteiger partial charge in [-0.15, -0.1) is 0 Å². The Bertz CT molecular complexity index is 668. The van der Waals surface area contributed by atoms with Crippen molar-refractivity contribution in [2.24, 2.45) is 0 Å². The van der Waals surface area contributed by atoms with Gasteiger partial charge in [-0.1, -0.05) is 0 Å². The predicted octanol–water partition coefficient (Wildman–Crippen LogP) is 0.761. The molecule has 8 heteroatoms. The fourth-order valence-corrected chi connectivity index (χ4v) is 2.87. The molecular weight excluding hydrogens is 298 g/mol. The summed E-state index contributed by atoms with van der Waals surface area (Å²) in [4.78, 5) is 12.1. The number of carbonyl (C=O) groups excluding carboxylic acids is 1. The van der Waals surface area contributed by atoms with Crippen LogP contribution in [0, 0.1) is 0 Å². The van der Waals surface area contributed by atoms with Gasteiger partial charge in [0.15, 0.2) is 21.3 Å². The van der Waals surface area contributed by atoms with Crippen LogP contribution < -0.4 is 15.2 Å². The van der Waals surface area contributed by atoms with E-state index in [0.717, 1.165) is 6.26 Å². The number of nitrogens with two attached hydrogens (primary N) is 1. The van der Waals surface area contributed by atoms with Crippen LogP contribution >= 0.6 is 0 Å². The summed E-state index contributed by atoms with van der Waals surface area (Å²) in [5, 5.41) is 0. The second-order valence-electron chi connectivity index (χ2n) is 4.64. The molecule has 0 bridgehead atoms. The molecular formula is C13H17NO6S. The fourth-order valence-electron chi connectivity index (χ4n) is 2.06. The quantitative estimate of drug-likeness (QED) is 0.646. The molecule has 1 aromatic carbocycles. The van der Waals surface area contributed by atoms with E-state index in [4.69, 9.17) is 19.9 Å². The highest BCUT2D eigenvalue weighted by Crippen LogP contribution is 2.40. The molecule has 116 valence electrons. The van der Waals surface area contributed by atoms with Crippen LogP contribution in [-0.2, 0) is 20.3 Å². The summed E-state index contributed by atoms with van der Waals surface area (Å²) in [5.74, 6) is -0.444. The average Bonchev–Trinajstić information content (AvgIpc) is 2.38. The fraction of sp³-hybridized carbons (Fsp3) is 0.462. The highest BCUT2D eigenvalue weighted by molar-refractivity contribution is 7.89. The van der Waals surface area contributed by atoms with E-state index in [0.29, 0.717) is 17.9 Å². The van der Waals surface area contributed by atoms with E-state index >= 15 is 0 Å².